The van der Waals surface area contributed by atoms with Crippen molar-refractivity contribution in [3.8, 4) is 5.75 Å². The highest BCUT2D eigenvalue weighted by molar-refractivity contribution is 7.89. The van der Waals surface area contributed by atoms with Gasteiger partial charge in [-0.1, -0.05) is 12.1 Å². The van der Waals surface area contributed by atoms with Crippen LogP contribution in [0.4, 0.5) is 0 Å². The van der Waals surface area contributed by atoms with E-state index in [0.29, 0.717) is 38.3 Å². The van der Waals surface area contributed by atoms with Gasteiger partial charge in [-0.05, 0) is 62.7 Å². The lowest BCUT2D eigenvalue weighted by atomic mass is 9.88. The van der Waals surface area contributed by atoms with Crippen molar-refractivity contribution in [1.82, 2.24) is 19.3 Å². The number of halogens is 2. The van der Waals surface area contributed by atoms with Crippen molar-refractivity contribution in [3.05, 3.63) is 60.8 Å². The summed E-state index contributed by atoms with van der Waals surface area (Å²) in [7, 11) is -5.87. The minimum absolute atomic E-state index is 0. The van der Waals surface area contributed by atoms with Crippen LogP contribution in [0.5, 0.6) is 5.75 Å². The summed E-state index contributed by atoms with van der Waals surface area (Å²) in [5.41, 5.74) is 0.361. The zero-order chi connectivity index (χ0) is 28.4. The number of nitrogens with zero attached hydrogens (tertiary/aromatic N) is 2. The molecule has 11 nitrogen and oxygen atoms in total. The van der Waals surface area contributed by atoms with Gasteiger partial charge >= 0.3 is 0 Å². The minimum atomic E-state index is -3.63. The number of hydrogen-bond acceptors (Lipinski definition) is 9. The zero-order valence-electron chi connectivity index (χ0n) is 23.0. The summed E-state index contributed by atoms with van der Waals surface area (Å²) in [4.78, 5) is 4.61. The van der Waals surface area contributed by atoms with Crippen LogP contribution in [-0.4, -0.2) is 88.9 Å². The summed E-state index contributed by atoms with van der Waals surface area (Å²) in [6.45, 7) is 1.49. The first-order chi connectivity index (χ1) is 19.1. The molecule has 0 amide bonds. The molecule has 0 radical (unpaired) electrons. The lowest BCUT2D eigenvalue weighted by Gasteiger charge is -2.38. The Hall–Kier alpha value is -2.07. The average molecular weight is 664 g/mol. The maximum Gasteiger partial charge on any atom is 0.243 e. The number of aromatic nitrogens is 1. The van der Waals surface area contributed by atoms with E-state index in [9.17, 15) is 21.9 Å². The van der Waals surface area contributed by atoms with E-state index in [4.69, 9.17) is 9.47 Å². The Balaban J connectivity index is 0.00000242. The molecule has 2 fully saturated rings. The number of ether oxygens (including phenoxy) is 2. The molecule has 1 aromatic heterocycles. The third-order valence-corrected chi connectivity index (χ3v) is 10.8. The fourth-order valence-corrected chi connectivity index (χ4v) is 7.47. The van der Waals surface area contributed by atoms with Crippen molar-refractivity contribution >= 4 is 55.8 Å². The first-order valence-electron chi connectivity index (χ1n) is 13.2. The molecule has 0 aliphatic carbocycles. The number of aliphatic hydroxyl groups excluding tert-OH is 1. The van der Waals surface area contributed by atoms with Gasteiger partial charge in [0.15, 0.2) is 0 Å². The molecule has 232 valence electrons. The van der Waals surface area contributed by atoms with Gasteiger partial charge in [0.1, 0.15) is 18.5 Å². The van der Waals surface area contributed by atoms with Crippen molar-refractivity contribution < 1.29 is 31.4 Å². The van der Waals surface area contributed by atoms with Gasteiger partial charge < -0.3 is 19.9 Å². The summed E-state index contributed by atoms with van der Waals surface area (Å²) in [6, 6.07) is 14.8. The highest BCUT2D eigenvalue weighted by Gasteiger charge is 2.44. The SMILES string of the molecule is CNS(=O)(=O)c1cccc(OCC(O)CNC2COC3(CCN(S(=O)(=O)c4ccc5ncccc5c4)CC3)C2)c1.Cl.Cl. The van der Waals surface area contributed by atoms with Crippen LogP contribution in [0.2, 0.25) is 0 Å². The molecule has 3 aromatic rings. The molecule has 2 saturated heterocycles. The van der Waals surface area contributed by atoms with Crippen molar-refractivity contribution in [2.75, 3.05) is 39.9 Å². The maximum absolute atomic E-state index is 13.3. The average Bonchev–Trinajstić information content (AvgIpc) is 3.37. The molecule has 0 bridgehead atoms. The lowest BCUT2D eigenvalue weighted by molar-refractivity contribution is -0.0312. The van der Waals surface area contributed by atoms with Crippen molar-refractivity contribution in [3.63, 3.8) is 0 Å². The van der Waals surface area contributed by atoms with Gasteiger partial charge in [-0.25, -0.2) is 21.6 Å². The van der Waals surface area contributed by atoms with Crippen molar-refractivity contribution in [1.29, 1.82) is 0 Å². The third kappa shape index (κ3) is 7.71. The van der Waals surface area contributed by atoms with Crippen LogP contribution in [0.3, 0.4) is 0 Å². The molecule has 0 saturated carbocycles. The molecule has 42 heavy (non-hydrogen) atoms. The Labute approximate surface area is 258 Å². The van der Waals surface area contributed by atoms with Crippen LogP contribution in [0, 0.1) is 0 Å². The molecule has 2 aromatic carbocycles. The summed E-state index contributed by atoms with van der Waals surface area (Å²) >= 11 is 0. The second-order valence-electron chi connectivity index (χ2n) is 10.2. The number of aliphatic hydroxyl groups is 1. The smallest absolute Gasteiger partial charge is 0.243 e. The minimum Gasteiger partial charge on any atom is -0.491 e. The monoisotopic (exact) mass is 662 g/mol. The largest absolute Gasteiger partial charge is 0.491 e. The number of fused-ring (bicyclic) bond motifs is 1. The fourth-order valence-electron chi connectivity index (χ4n) is 5.22. The van der Waals surface area contributed by atoms with E-state index >= 15 is 0 Å². The van der Waals surface area contributed by atoms with Crippen LogP contribution >= 0.6 is 24.8 Å². The quantitative estimate of drug-likeness (QED) is 0.298. The number of pyridine rings is 1. The summed E-state index contributed by atoms with van der Waals surface area (Å²) < 4.78 is 66.1. The van der Waals surface area contributed by atoms with Crippen LogP contribution in [0.25, 0.3) is 10.9 Å². The van der Waals surface area contributed by atoms with Gasteiger partial charge in [0.2, 0.25) is 20.0 Å². The van der Waals surface area contributed by atoms with Crippen molar-refractivity contribution in [2.45, 2.75) is 46.8 Å². The van der Waals surface area contributed by atoms with Crippen LogP contribution in [-0.2, 0) is 24.8 Å². The van der Waals surface area contributed by atoms with E-state index in [1.165, 1.54) is 23.5 Å². The predicted octanol–water partition coefficient (Wildman–Crippen LogP) is 2.33. The van der Waals surface area contributed by atoms with E-state index in [2.05, 4.69) is 15.0 Å². The molecule has 2 aliphatic rings. The molecule has 2 atom stereocenters. The van der Waals surface area contributed by atoms with Gasteiger partial charge in [0.25, 0.3) is 0 Å². The number of sulfonamides is 2. The number of benzene rings is 2. The van der Waals surface area contributed by atoms with E-state index in [1.807, 2.05) is 6.07 Å². The number of piperidine rings is 1. The number of rotatable bonds is 10. The van der Waals surface area contributed by atoms with Crippen LogP contribution in [0.15, 0.2) is 70.6 Å². The highest BCUT2D eigenvalue weighted by atomic mass is 35.5. The molecular weight excluding hydrogens is 627 g/mol. The second-order valence-corrected chi connectivity index (χ2v) is 14.0. The Morgan fingerprint density at radius 1 is 1.07 bits per heavy atom. The van der Waals surface area contributed by atoms with Crippen LogP contribution < -0.4 is 14.8 Å². The van der Waals surface area contributed by atoms with E-state index < -0.39 is 31.8 Å². The van der Waals surface area contributed by atoms with E-state index in [0.717, 1.165) is 17.3 Å². The molecule has 5 rings (SSSR count). The topological polar surface area (TPSA) is 147 Å². The van der Waals surface area contributed by atoms with E-state index in [1.54, 1.807) is 42.6 Å². The number of nitrogens with one attached hydrogen (secondary N) is 2. The predicted molar refractivity (Wildman–Crippen MR) is 164 cm³/mol. The Morgan fingerprint density at radius 3 is 2.57 bits per heavy atom. The molecule has 3 N–H and O–H groups in total. The number of hydrogen-bond donors (Lipinski definition) is 3. The Kier molecular flexibility index (Phi) is 11.6. The molecule has 3 heterocycles. The first-order valence-corrected chi connectivity index (χ1v) is 16.1. The van der Waals surface area contributed by atoms with Gasteiger partial charge in [0, 0.05) is 43.3 Å². The molecule has 2 aliphatic heterocycles. The van der Waals surface area contributed by atoms with Crippen LogP contribution in [0.1, 0.15) is 19.3 Å². The van der Waals surface area contributed by atoms with Gasteiger partial charge in [-0.15, -0.1) is 24.8 Å². The highest BCUT2D eigenvalue weighted by Crippen LogP contribution is 2.37. The zero-order valence-corrected chi connectivity index (χ0v) is 26.3. The summed E-state index contributed by atoms with van der Waals surface area (Å²) in [5, 5.41) is 14.5. The van der Waals surface area contributed by atoms with Gasteiger partial charge in [0.05, 0.1) is 27.5 Å². The molecule has 15 heteroatoms. The van der Waals surface area contributed by atoms with Crippen molar-refractivity contribution in [2.24, 2.45) is 0 Å². The summed E-state index contributed by atoms with van der Waals surface area (Å²) in [5.74, 6) is 0.348. The standard InChI is InChI=1S/C27H34N4O7S2.2ClH/c1-28-39(33,34)24-6-2-5-23(15-24)37-19-22(32)17-30-21-16-27(38-18-21)9-12-31(13-10-27)40(35,36)25-7-8-26-20(14-25)4-3-11-29-26;;/h2-8,11,14-15,21-22,28,30,32H,9-10,12-13,16-19H2,1H3;2*1H. The van der Waals surface area contributed by atoms with Gasteiger partial charge in [-0.2, -0.15) is 4.31 Å². The summed E-state index contributed by atoms with van der Waals surface area (Å²) in [6.07, 6.45) is 2.78. The first kappa shape index (κ1) is 34.4. The molecule has 2 unspecified atom stereocenters. The normalized spacial score (nSPS) is 19.6. The third-order valence-electron chi connectivity index (χ3n) is 7.52. The Bertz CT molecular complexity index is 1570. The molecule has 1 spiro atoms. The van der Waals surface area contributed by atoms with E-state index in [-0.39, 0.29) is 53.8 Å². The molecular formula is C27H36Cl2N4O7S2. The lowest BCUT2D eigenvalue weighted by Crippen LogP contribution is -2.47. The second kappa shape index (κ2) is 14.1. The van der Waals surface area contributed by atoms with Gasteiger partial charge in [-0.3, -0.25) is 4.98 Å². The maximum atomic E-state index is 13.3. The fraction of sp³-hybridized carbons (Fsp3) is 0.444. The Morgan fingerprint density at radius 2 is 1.83 bits per heavy atom.